The molecule has 0 saturated heterocycles. The molecule has 94 valence electrons. The Balaban J connectivity index is 2.48. The molecular formula is C13H25NO2. The quantitative estimate of drug-likeness (QED) is 0.580. The molecule has 0 aromatic heterocycles. The zero-order valence-corrected chi connectivity index (χ0v) is 10.6. The van der Waals surface area contributed by atoms with Crippen molar-refractivity contribution in [3.8, 4) is 0 Å². The largest absolute Gasteiger partial charge is 0.465 e. The standard InChI is InChI=1S/C13H25NO2/c1-3-4-9-16-12(15)13(10-14)7-5-11(2)6-8-13/h11H,3-10,14H2,1-2H3. The average molecular weight is 227 g/mol. The van der Waals surface area contributed by atoms with E-state index in [1.165, 1.54) is 0 Å². The van der Waals surface area contributed by atoms with E-state index in [2.05, 4.69) is 13.8 Å². The van der Waals surface area contributed by atoms with Crippen LogP contribution in [-0.4, -0.2) is 19.1 Å². The van der Waals surface area contributed by atoms with Crippen molar-refractivity contribution < 1.29 is 9.53 Å². The maximum absolute atomic E-state index is 12.0. The fourth-order valence-corrected chi connectivity index (χ4v) is 2.27. The van der Waals surface area contributed by atoms with Crippen molar-refractivity contribution in [1.29, 1.82) is 0 Å². The van der Waals surface area contributed by atoms with Crippen LogP contribution in [0.4, 0.5) is 0 Å². The first-order valence-electron chi connectivity index (χ1n) is 6.52. The van der Waals surface area contributed by atoms with Crippen LogP contribution in [-0.2, 0) is 9.53 Å². The van der Waals surface area contributed by atoms with Gasteiger partial charge in [-0.3, -0.25) is 4.79 Å². The summed E-state index contributed by atoms with van der Waals surface area (Å²) in [7, 11) is 0. The Kier molecular flexibility index (Phi) is 5.26. The number of esters is 1. The van der Waals surface area contributed by atoms with Crippen molar-refractivity contribution in [3.05, 3.63) is 0 Å². The molecule has 3 nitrogen and oxygen atoms in total. The minimum absolute atomic E-state index is 0.0599. The molecule has 1 fully saturated rings. The van der Waals surface area contributed by atoms with E-state index in [0.29, 0.717) is 13.2 Å². The molecule has 0 amide bonds. The molecule has 0 bridgehead atoms. The van der Waals surface area contributed by atoms with E-state index in [1.54, 1.807) is 0 Å². The number of hydrogen-bond acceptors (Lipinski definition) is 3. The van der Waals surface area contributed by atoms with Crippen molar-refractivity contribution in [3.63, 3.8) is 0 Å². The van der Waals surface area contributed by atoms with Crippen LogP contribution in [0, 0.1) is 11.3 Å². The van der Waals surface area contributed by atoms with Crippen molar-refractivity contribution in [1.82, 2.24) is 0 Å². The van der Waals surface area contributed by atoms with Crippen molar-refractivity contribution >= 4 is 5.97 Å². The second kappa shape index (κ2) is 6.24. The Labute approximate surface area is 98.7 Å². The number of carbonyl (C=O) groups is 1. The Hall–Kier alpha value is -0.570. The van der Waals surface area contributed by atoms with Crippen molar-refractivity contribution in [2.75, 3.05) is 13.2 Å². The Morgan fingerprint density at radius 3 is 2.56 bits per heavy atom. The molecule has 2 N–H and O–H groups in total. The lowest BCUT2D eigenvalue weighted by Crippen LogP contribution is -2.42. The normalized spacial score (nSPS) is 30.1. The van der Waals surface area contributed by atoms with Crippen LogP contribution < -0.4 is 5.73 Å². The molecule has 0 aliphatic heterocycles. The topological polar surface area (TPSA) is 52.3 Å². The number of ether oxygens (including phenoxy) is 1. The van der Waals surface area contributed by atoms with Gasteiger partial charge in [0.15, 0.2) is 0 Å². The van der Waals surface area contributed by atoms with Crippen LogP contribution in [0.15, 0.2) is 0 Å². The van der Waals surface area contributed by atoms with Gasteiger partial charge < -0.3 is 10.5 Å². The van der Waals surface area contributed by atoms with E-state index < -0.39 is 0 Å². The molecule has 1 aliphatic rings. The smallest absolute Gasteiger partial charge is 0.313 e. The molecule has 0 heterocycles. The molecule has 1 saturated carbocycles. The highest BCUT2D eigenvalue weighted by Gasteiger charge is 2.41. The lowest BCUT2D eigenvalue weighted by atomic mass is 9.71. The van der Waals surface area contributed by atoms with Gasteiger partial charge in [0.2, 0.25) is 0 Å². The van der Waals surface area contributed by atoms with Crippen LogP contribution >= 0.6 is 0 Å². The van der Waals surface area contributed by atoms with Crippen LogP contribution in [0.3, 0.4) is 0 Å². The Morgan fingerprint density at radius 2 is 2.06 bits per heavy atom. The van der Waals surface area contributed by atoms with Crippen molar-refractivity contribution in [2.45, 2.75) is 52.4 Å². The molecule has 1 aliphatic carbocycles. The lowest BCUT2D eigenvalue weighted by Gasteiger charge is -2.36. The number of hydrogen-bond donors (Lipinski definition) is 1. The van der Waals surface area contributed by atoms with E-state index >= 15 is 0 Å². The predicted octanol–water partition coefficient (Wildman–Crippen LogP) is 2.48. The molecule has 0 aromatic rings. The monoisotopic (exact) mass is 227 g/mol. The highest BCUT2D eigenvalue weighted by atomic mass is 16.5. The van der Waals surface area contributed by atoms with Gasteiger partial charge in [-0.1, -0.05) is 20.3 Å². The fraction of sp³-hybridized carbons (Fsp3) is 0.923. The highest BCUT2D eigenvalue weighted by Crippen LogP contribution is 2.39. The summed E-state index contributed by atoms with van der Waals surface area (Å²) in [5.74, 6) is 0.665. The van der Waals surface area contributed by atoms with E-state index in [1.807, 2.05) is 0 Å². The van der Waals surface area contributed by atoms with Gasteiger partial charge in [0.25, 0.3) is 0 Å². The van der Waals surface area contributed by atoms with Gasteiger partial charge in [-0.15, -0.1) is 0 Å². The number of rotatable bonds is 5. The van der Waals surface area contributed by atoms with Gasteiger partial charge >= 0.3 is 5.97 Å². The first kappa shape index (κ1) is 13.5. The molecule has 0 spiro atoms. The minimum Gasteiger partial charge on any atom is -0.465 e. The molecule has 16 heavy (non-hydrogen) atoms. The van der Waals surface area contributed by atoms with Crippen LogP contribution in [0.1, 0.15) is 52.4 Å². The third kappa shape index (κ3) is 3.21. The number of unbranched alkanes of at least 4 members (excludes halogenated alkanes) is 1. The zero-order chi connectivity index (χ0) is 12.0. The van der Waals surface area contributed by atoms with E-state index in [9.17, 15) is 4.79 Å². The third-order valence-corrected chi connectivity index (χ3v) is 3.79. The summed E-state index contributed by atoms with van der Waals surface area (Å²) in [5.41, 5.74) is 5.41. The SMILES string of the molecule is CCCCOC(=O)C1(CN)CCC(C)CC1. The van der Waals surface area contributed by atoms with E-state index in [0.717, 1.165) is 44.4 Å². The summed E-state index contributed by atoms with van der Waals surface area (Å²) in [6.07, 6.45) is 5.99. The molecule has 0 unspecified atom stereocenters. The van der Waals surface area contributed by atoms with E-state index in [4.69, 9.17) is 10.5 Å². The number of carbonyl (C=O) groups excluding carboxylic acids is 1. The predicted molar refractivity (Wildman–Crippen MR) is 65.0 cm³/mol. The van der Waals surface area contributed by atoms with Crippen molar-refractivity contribution in [2.24, 2.45) is 17.1 Å². The molecule has 0 aromatic carbocycles. The highest BCUT2D eigenvalue weighted by molar-refractivity contribution is 5.77. The number of nitrogens with two attached hydrogens (primary N) is 1. The third-order valence-electron chi connectivity index (χ3n) is 3.79. The molecule has 0 atom stereocenters. The maximum atomic E-state index is 12.0. The molecule has 3 heteroatoms. The van der Waals surface area contributed by atoms with Gasteiger partial charge in [-0.05, 0) is 38.0 Å². The molecule has 0 radical (unpaired) electrons. The van der Waals surface area contributed by atoms with Gasteiger partial charge in [0.05, 0.1) is 12.0 Å². The van der Waals surface area contributed by atoms with Gasteiger partial charge in [0.1, 0.15) is 0 Å². The van der Waals surface area contributed by atoms with E-state index in [-0.39, 0.29) is 11.4 Å². The first-order chi connectivity index (χ1) is 7.64. The summed E-state index contributed by atoms with van der Waals surface area (Å²) in [4.78, 5) is 12.0. The second-order valence-corrected chi connectivity index (χ2v) is 5.16. The summed E-state index contributed by atoms with van der Waals surface area (Å²) in [6.45, 7) is 5.31. The Morgan fingerprint density at radius 1 is 1.44 bits per heavy atom. The second-order valence-electron chi connectivity index (χ2n) is 5.16. The molecular weight excluding hydrogens is 202 g/mol. The first-order valence-corrected chi connectivity index (χ1v) is 6.52. The van der Waals surface area contributed by atoms with Crippen LogP contribution in [0.25, 0.3) is 0 Å². The van der Waals surface area contributed by atoms with Crippen LogP contribution in [0.5, 0.6) is 0 Å². The summed E-state index contributed by atoms with van der Waals surface area (Å²) in [6, 6.07) is 0. The van der Waals surface area contributed by atoms with Gasteiger partial charge in [-0.2, -0.15) is 0 Å². The van der Waals surface area contributed by atoms with Crippen LogP contribution in [0.2, 0.25) is 0 Å². The summed E-state index contributed by atoms with van der Waals surface area (Å²) >= 11 is 0. The zero-order valence-electron chi connectivity index (χ0n) is 10.6. The van der Waals surface area contributed by atoms with Gasteiger partial charge in [0, 0.05) is 6.54 Å². The summed E-state index contributed by atoms with van der Waals surface area (Å²) < 4.78 is 5.33. The minimum atomic E-state index is -0.375. The average Bonchev–Trinajstić information content (AvgIpc) is 2.31. The summed E-state index contributed by atoms with van der Waals surface area (Å²) in [5, 5.41) is 0. The lowest BCUT2D eigenvalue weighted by molar-refractivity contribution is -0.158. The molecule has 1 rings (SSSR count). The maximum Gasteiger partial charge on any atom is 0.313 e. The Bertz CT molecular complexity index is 220. The van der Waals surface area contributed by atoms with Gasteiger partial charge in [-0.25, -0.2) is 0 Å². The fourth-order valence-electron chi connectivity index (χ4n) is 2.27.